The van der Waals surface area contributed by atoms with Gasteiger partial charge in [0, 0.05) is 9.86 Å². The molecule has 1 aromatic heterocycles. The Morgan fingerprint density at radius 2 is 2.23 bits per heavy atom. The smallest absolute Gasteiger partial charge is 0.227 e. The van der Waals surface area contributed by atoms with Crippen molar-refractivity contribution in [3.63, 3.8) is 0 Å². The van der Waals surface area contributed by atoms with Gasteiger partial charge in [0.15, 0.2) is 0 Å². The molecule has 13 heavy (non-hydrogen) atoms. The van der Waals surface area contributed by atoms with Gasteiger partial charge < -0.3 is 10.2 Å². The van der Waals surface area contributed by atoms with Gasteiger partial charge >= 0.3 is 0 Å². The number of furan rings is 1. The van der Waals surface area contributed by atoms with Crippen molar-refractivity contribution in [1.82, 2.24) is 0 Å². The Morgan fingerprint density at radius 1 is 1.46 bits per heavy atom. The van der Waals surface area contributed by atoms with Crippen molar-refractivity contribution in [2.45, 2.75) is 0 Å². The van der Waals surface area contributed by atoms with Gasteiger partial charge in [-0.2, -0.15) is 5.26 Å². The lowest BCUT2D eigenvalue weighted by atomic mass is 10.2. The summed E-state index contributed by atoms with van der Waals surface area (Å²) in [6, 6.07) is 7.34. The largest absolute Gasteiger partial charge is 0.443 e. The van der Waals surface area contributed by atoms with E-state index in [9.17, 15) is 0 Å². The number of nitrogens with zero attached hydrogens (tertiary/aromatic N) is 1. The molecule has 1 aromatic carbocycles. The minimum absolute atomic E-state index is 0.174. The van der Waals surface area contributed by atoms with Crippen molar-refractivity contribution < 1.29 is 4.42 Å². The van der Waals surface area contributed by atoms with Crippen molar-refractivity contribution in [1.29, 1.82) is 5.26 Å². The number of halogens is 1. The SMILES string of the molecule is N#Cc1oc2ccc(Br)cc2c1N. The van der Waals surface area contributed by atoms with E-state index in [1.807, 2.05) is 18.2 Å². The number of rotatable bonds is 0. The van der Waals surface area contributed by atoms with Crippen LogP contribution in [0.25, 0.3) is 11.0 Å². The number of hydrogen-bond donors (Lipinski definition) is 1. The molecule has 0 aliphatic rings. The zero-order valence-electron chi connectivity index (χ0n) is 6.54. The quantitative estimate of drug-likeness (QED) is 0.765. The summed E-state index contributed by atoms with van der Waals surface area (Å²) in [5.41, 5.74) is 6.72. The van der Waals surface area contributed by atoms with E-state index >= 15 is 0 Å². The molecule has 0 unspecified atom stereocenters. The molecular weight excluding hydrogens is 232 g/mol. The second-order valence-electron chi connectivity index (χ2n) is 2.60. The Bertz CT molecular complexity index is 510. The minimum Gasteiger partial charge on any atom is -0.443 e. The number of nitriles is 1. The third kappa shape index (κ3) is 1.18. The summed E-state index contributed by atoms with van der Waals surface area (Å²) in [7, 11) is 0. The van der Waals surface area contributed by atoms with E-state index in [2.05, 4.69) is 15.9 Å². The van der Waals surface area contributed by atoms with Crippen molar-refractivity contribution >= 4 is 32.6 Å². The lowest BCUT2D eigenvalue weighted by Crippen LogP contribution is -1.84. The lowest BCUT2D eigenvalue weighted by Gasteiger charge is -1.89. The van der Waals surface area contributed by atoms with Gasteiger partial charge in [0.2, 0.25) is 5.76 Å². The number of nitrogens with two attached hydrogens (primary N) is 1. The van der Waals surface area contributed by atoms with Gasteiger partial charge in [-0.15, -0.1) is 0 Å². The molecule has 64 valence electrons. The van der Waals surface area contributed by atoms with Crippen molar-refractivity contribution in [3.8, 4) is 6.07 Å². The third-order valence-corrected chi connectivity index (χ3v) is 2.28. The molecule has 0 saturated carbocycles. The highest BCUT2D eigenvalue weighted by Crippen LogP contribution is 2.29. The summed E-state index contributed by atoms with van der Waals surface area (Å²) in [6.07, 6.45) is 0. The van der Waals surface area contributed by atoms with Crippen molar-refractivity contribution in [2.24, 2.45) is 0 Å². The Hall–Kier alpha value is -1.47. The lowest BCUT2D eigenvalue weighted by molar-refractivity contribution is 0.601. The number of hydrogen-bond acceptors (Lipinski definition) is 3. The van der Waals surface area contributed by atoms with E-state index in [4.69, 9.17) is 15.4 Å². The molecule has 0 radical (unpaired) electrons. The molecule has 3 nitrogen and oxygen atoms in total. The first-order valence-corrected chi connectivity index (χ1v) is 4.39. The van der Waals surface area contributed by atoms with Gasteiger partial charge in [0.05, 0.1) is 5.69 Å². The maximum absolute atomic E-state index is 8.65. The fourth-order valence-electron chi connectivity index (χ4n) is 1.17. The molecule has 0 atom stereocenters. The fourth-order valence-corrected chi connectivity index (χ4v) is 1.53. The second kappa shape index (κ2) is 2.79. The molecule has 0 spiro atoms. The second-order valence-corrected chi connectivity index (χ2v) is 3.51. The molecule has 0 amide bonds. The Morgan fingerprint density at radius 3 is 2.92 bits per heavy atom. The molecule has 2 N–H and O–H groups in total. The van der Waals surface area contributed by atoms with Crippen LogP contribution in [0, 0.1) is 11.3 Å². The van der Waals surface area contributed by atoms with E-state index in [-0.39, 0.29) is 5.76 Å². The number of nitrogen functional groups attached to an aromatic ring is 1. The van der Waals surface area contributed by atoms with Gasteiger partial charge in [-0.05, 0) is 18.2 Å². The maximum Gasteiger partial charge on any atom is 0.227 e. The van der Waals surface area contributed by atoms with Crippen LogP contribution < -0.4 is 5.73 Å². The number of benzene rings is 1. The van der Waals surface area contributed by atoms with Gasteiger partial charge in [0.1, 0.15) is 11.7 Å². The van der Waals surface area contributed by atoms with E-state index in [1.165, 1.54) is 0 Å². The summed E-state index contributed by atoms with van der Waals surface area (Å²) >= 11 is 3.32. The molecule has 2 aromatic rings. The van der Waals surface area contributed by atoms with E-state index in [1.54, 1.807) is 6.07 Å². The van der Waals surface area contributed by atoms with E-state index in [0.29, 0.717) is 11.3 Å². The van der Waals surface area contributed by atoms with Crippen LogP contribution in [0.1, 0.15) is 5.76 Å². The van der Waals surface area contributed by atoms with E-state index < -0.39 is 0 Å². The van der Waals surface area contributed by atoms with Crippen LogP contribution in [0.3, 0.4) is 0 Å². The van der Waals surface area contributed by atoms with Crippen molar-refractivity contribution in [3.05, 3.63) is 28.4 Å². The van der Waals surface area contributed by atoms with Crippen LogP contribution in [0.15, 0.2) is 27.1 Å². The summed E-state index contributed by atoms with van der Waals surface area (Å²) in [6.45, 7) is 0. The predicted molar refractivity (Wildman–Crippen MR) is 53.0 cm³/mol. The third-order valence-electron chi connectivity index (χ3n) is 1.79. The Labute approximate surface area is 82.9 Å². The molecule has 4 heteroatoms. The van der Waals surface area contributed by atoms with Crippen LogP contribution in [0.2, 0.25) is 0 Å². The first kappa shape index (κ1) is 8.14. The maximum atomic E-state index is 8.65. The number of fused-ring (bicyclic) bond motifs is 1. The van der Waals surface area contributed by atoms with Crippen molar-refractivity contribution in [2.75, 3.05) is 5.73 Å². The fraction of sp³-hybridized carbons (Fsp3) is 0. The monoisotopic (exact) mass is 236 g/mol. The zero-order chi connectivity index (χ0) is 9.42. The highest BCUT2D eigenvalue weighted by atomic mass is 79.9. The van der Waals surface area contributed by atoms with Gasteiger partial charge in [-0.25, -0.2) is 0 Å². The van der Waals surface area contributed by atoms with Crippen LogP contribution in [0.5, 0.6) is 0 Å². The van der Waals surface area contributed by atoms with Crippen LogP contribution in [0.4, 0.5) is 5.69 Å². The van der Waals surface area contributed by atoms with Gasteiger partial charge in [-0.3, -0.25) is 0 Å². The standard InChI is InChI=1S/C9H5BrN2O/c10-5-1-2-7-6(3-5)9(12)8(4-11)13-7/h1-3H,12H2. The number of anilines is 1. The summed E-state index contributed by atoms with van der Waals surface area (Å²) in [5, 5.41) is 9.42. The molecule has 0 saturated heterocycles. The summed E-state index contributed by atoms with van der Waals surface area (Å²) in [5.74, 6) is 0.174. The van der Waals surface area contributed by atoms with Gasteiger partial charge in [-0.1, -0.05) is 15.9 Å². The molecule has 0 fully saturated rings. The first-order chi connectivity index (χ1) is 6.22. The Balaban J connectivity index is 2.87. The average molecular weight is 237 g/mol. The first-order valence-electron chi connectivity index (χ1n) is 3.60. The molecule has 2 rings (SSSR count). The normalized spacial score (nSPS) is 10.2. The molecular formula is C9H5BrN2O. The topological polar surface area (TPSA) is 63.0 Å². The summed E-state index contributed by atoms with van der Waals surface area (Å²) < 4.78 is 6.11. The average Bonchev–Trinajstić information content (AvgIpc) is 2.44. The van der Waals surface area contributed by atoms with Crippen LogP contribution in [-0.4, -0.2) is 0 Å². The molecule has 0 aliphatic carbocycles. The van der Waals surface area contributed by atoms with Gasteiger partial charge in [0.25, 0.3) is 0 Å². The Kier molecular flexibility index (Phi) is 1.74. The predicted octanol–water partition coefficient (Wildman–Crippen LogP) is 2.65. The molecule has 0 bridgehead atoms. The molecule has 1 heterocycles. The zero-order valence-corrected chi connectivity index (χ0v) is 8.13. The minimum atomic E-state index is 0.174. The van der Waals surface area contributed by atoms with Crippen LogP contribution in [-0.2, 0) is 0 Å². The van der Waals surface area contributed by atoms with Crippen LogP contribution >= 0.6 is 15.9 Å². The highest BCUT2D eigenvalue weighted by molar-refractivity contribution is 9.10. The molecule has 0 aliphatic heterocycles. The highest BCUT2D eigenvalue weighted by Gasteiger charge is 2.10. The summed E-state index contributed by atoms with van der Waals surface area (Å²) in [4.78, 5) is 0. The van der Waals surface area contributed by atoms with E-state index in [0.717, 1.165) is 9.86 Å².